The van der Waals surface area contributed by atoms with Crippen LogP contribution in [-0.2, 0) is 4.74 Å². The van der Waals surface area contributed by atoms with Crippen molar-refractivity contribution in [3.63, 3.8) is 0 Å². The third-order valence-electron chi connectivity index (χ3n) is 2.19. The molecule has 0 saturated carbocycles. The molecule has 0 unspecified atom stereocenters. The number of methoxy groups -OCH3 is 1. The highest BCUT2D eigenvalue weighted by Crippen LogP contribution is 2.39. The summed E-state index contributed by atoms with van der Waals surface area (Å²) in [5, 5.41) is 0.731. The SMILES string of the molecule is COC1=CCC2=C(N)C=C(N)SC2=C1. The van der Waals surface area contributed by atoms with E-state index in [-0.39, 0.29) is 0 Å². The first-order chi connectivity index (χ1) is 6.70. The van der Waals surface area contributed by atoms with Crippen LogP contribution in [0.2, 0.25) is 0 Å². The van der Waals surface area contributed by atoms with Gasteiger partial charge in [-0.2, -0.15) is 0 Å². The average Bonchev–Trinajstić information content (AvgIpc) is 2.16. The van der Waals surface area contributed by atoms with Crippen LogP contribution >= 0.6 is 11.8 Å². The molecule has 74 valence electrons. The number of allylic oxidation sites excluding steroid dienone is 4. The van der Waals surface area contributed by atoms with Crippen LogP contribution in [0.4, 0.5) is 0 Å². The molecule has 3 nitrogen and oxygen atoms in total. The molecule has 4 heteroatoms. The Labute approximate surface area is 87.2 Å². The van der Waals surface area contributed by atoms with Crippen LogP contribution in [0, 0.1) is 0 Å². The molecule has 0 saturated heterocycles. The van der Waals surface area contributed by atoms with Crippen LogP contribution in [0.15, 0.2) is 45.2 Å². The number of thioether (sulfide) groups is 1. The molecule has 4 N–H and O–H groups in total. The average molecular weight is 208 g/mol. The van der Waals surface area contributed by atoms with Gasteiger partial charge in [0, 0.05) is 10.6 Å². The molecule has 0 bridgehead atoms. The highest BCUT2D eigenvalue weighted by Gasteiger charge is 2.19. The fourth-order valence-electron chi connectivity index (χ4n) is 1.47. The van der Waals surface area contributed by atoms with Crippen molar-refractivity contribution in [2.75, 3.05) is 7.11 Å². The van der Waals surface area contributed by atoms with Gasteiger partial charge in [0.05, 0.1) is 12.1 Å². The summed E-state index contributed by atoms with van der Waals surface area (Å²) in [7, 11) is 1.66. The van der Waals surface area contributed by atoms with Crippen molar-refractivity contribution in [2.24, 2.45) is 11.5 Å². The molecule has 0 atom stereocenters. The molecular formula is C10H12N2OS. The van der Waals surface area contributed by atoms with E-state index in [1.165, 1.54) is 11.8 Å². The number of rotatable bonds is 1. The summed E-state index contributed by atoms with van der Waals surface area (Å²) in [4.78, 5) is 1.10. The molecule has 0 aromatic heterocycles. The Morgan fingerprint density at radius 2 is 2.14 bits per heavy atom. The highest BCUT2D eigenvalue weighted by molar-refractivity contribution is 8.07. The first-order valence-corrected chi connectivity index (χ1v) is 5.12. The van der Waals surface area contributed by atoms with Crippen LogP contribution in [0.1, 0.15) is 6.42 Å². The highest BCUT2D eigenvalue weighted by atomic mass is 32.2. The van der Waals surface area contributed by atoms with E-state index in [9.17, 15) is 0 Å². The van der Waals surface area contributed by atoms with E-state index in [2.05, 4.69) is 0 Å². The van der Waals surface area contributed by atoms with Crippen molar-refractivity contribution in [2.45, 2.75) is 6.42 Å². The predicted molar refractivity (Wildman–Crippen MR) is 58.9 cm³/mol. The Morgan fingerprint density at radius 1 is 1.36 bits per heavy atom. The second-order valence-corrected chi connectivity index (χ2v) is 4.22. The van der Waals surface area contributed by atoms with Gasteiger partial charge < -0.3 is 16.2 Å². The van der Waals surface area contributed by atoms with Gasteiger partial charge in [-0.25, -0.2) is 0 Å². The van der Waals surface area contributed by atoms with Crippen LogP contribution in [0.25, 0.3) is 0 Å². The van der Waals surface area contributed by atoms with Gasteiger partial charge in [-0.1, -0.05) is 11.8 Å². The van der Waals surface area contributed by atoms with Crippen LogP contribution in [0.3, 0.4) is 0 Å². The maximum atomic E-state index is 5.87. The van der Waals surface area contributed by atoms with Crippen LogP contribution in [-0.4, -0.2) is 7.11 Å². The van der Waals surface area contributed by atoms with E-state index in [0.29, 0.717) is 0 Å². The van der Waals surface area contributed by atoms with E-state index < -0.39 is 0 Å². The van der Waals surface area contributed by atoms with E-state index in [0.717, 1.165) is 33.4 Å². The molecule has 1 aliphatic carbocycles. The lowest BCUT2D eigenvalue weighted by Gasteiger charge is -2.21. The molecule has 0 aromatic carbocycles. The topological polar surface area (TPSA) is 61.3 Å². The second kappa shape index (κ2) is 3.46. The molecule has 2 rings (SSSR count). The summed E-state index contributed by atoms with van der Waals surface area (Å²) in [6.45, 7) is 0. The summed E-state index contributed by atoms with van der Waals surface area (Å²) in [6, 6.07) is 0. The quantitative estimate of drug-likeness (QED) is 0.686. The van der Waals surface area contributed by atoms with Crippen molar-refractivity contribution < 1.29 is 4.74 Å². The Bertz CT molecular complexity index is 391. The minimum absolute atomic E-state index is 0.731. The van der Waals surface area contributed by atoms with Crippen LogP contribution < -0.4 is 11.5 Å². The standard InChI is InChI=1S/C10H12N2OS/c1-13-6-2-3-7-8(11)5-10(12)14-9(7)4-6/h2,4-5H,3,11-12H2,1H3. The molecule has 0 aromatic rings. The molecule has 14 heavy (non-hydrogen) atoms. The summed E-state index contributed by atoms with van der Waals surface area (Å²) < 4.78 is 5.16. The lowest BCUT2D eigenvalue weighted by Crippen LogP contribution is -2.11. The summed E-state index contributed by atoms with van der Waals surface area (Å²) in [5.41, 5.74) is 13.5. The van der Waals surface area contributed by atoms with Gasteiger partial charge in [0.1, 0.15) is 5.76 Å². The molecule has 0 spiro atoms. The zero-order chi connectivity index (χ0) is 10.1. The Balaban J connectivity index is 2.38. The monoisotopic (exact) mass is 208 g/mol. The number of hydrogen-bond donors (Lipinski definition) is 2. The van der Waals surface area contributed by atoms with Gasteiger partial charge in [-0.3, -0.25) is 0 Å². The third-order valence-corrected chi connectivity index (χ3v) is 3.13. The van der Waals surface area contributed by atoms with Gasteiger partial charge in [-0.05, 0) is 30.2 Å². The summed E-state index contributed by atoms with van der Waals surface area (Å²) >= 11 is 1.53. The Morgan fingerprint density at radius 3 is 2.86 bits per heavy atom. The summed E-state index contributed by atoms with van der Waals surface area (Å²) in [6.07, 6.45) is 6.61. The molecule has 0 radical (unpaired) electrons. The molecule has 1 aliphatic heterocycles. The van der Waals surface area contributed by atoms with Crippen molar-refractivity contribution in [3.05, 3.63) is 45.2 Å². The predicted octanol–water partition coefficient (Wildman–Crippen LogP) is 1.56. The molecule has 0 amide bonds. The van der Waals surface area contributed by atoms with Gasteiger partial charge in [0.2, 0.25) is 0 Å². The Kier molecular flexibility index (Phi) is 2.29. The number of fused-ring (bicyclic) bond motifs is 1. The van der Waals surface area contributed by atoms with Crippen molar-refractivity contribution in [1.29, 1.82) is 0 Å². The first-order valence-electron chi connectivity index (χ1n) is 4.30. The van der Waals surface area contributed by atoms with E-state index in [1.807, 2.05) is 18.2 Å². The fourth-order valence-corrected chi connectivity index (χ4v) is 2.41. The maximum absolute atomic E-state index is 5.87. The third kappa shape index (κ3) is 1.53. The minimum Gasteiger partial charge on any atom is -0.497 e. The van der Waals surface area contributed by atoms with Crippen molar-refractivity contribution in [1.82, 2.24) is 0 Å². The molecule has 2 aliphatic rings. The van der Waals surface area contributed by atoms with Gasteiger partial charge in [-0.15, -0.1) is 0 Å². The lowest BCUT2D eigenvalue weighted by atomic mass is 10.0. The first kappa shape index (κ1) is 9.27. The largest absolute Gasteiger partial charge is 0.497 e. The van der Waals surface area contributed by atoms with E-state index >= 15 is 0 Å². The normalized spacial score (nSPS) is 20.8. The molecular weight excluding hydrogens is 196 g/mol. The lowest BCUT2D eigenvalue weighted by molar-refractivity contribution is 0.304. The number of nitrogens with two attached hydrogens (primary N) is 2. The Hall–Kier alpha value is -1.29. The van der Waals surface area contributed by atoms with E-state index in [4.69, 9.17) is 16.2 Å². The zero-order valence-corrected chi connectivity index (χ0v) is 8.73. The second-order valence-electron chi connectivity index (χ2n) is 3.11. The smallest absolute Gasteiger partial charge is 0.116 e. The van der Waals surface area contributed by atoms with Gasteiger partial charge in [0.25, 0.3) is 0 Å². The van der Waals surface area contributed by atoms with Crippen molar-refractivity contribution >= 4 is 11.8 Å². The van der Waals surface area contributed by atoms with E-state index in [1.54, 1.807) is 7.11 Å². The maximum Gasteiger partial charge on any atom is 0.116 e. The van der Waals surface area contributed by atoms with Crippen LogP contribution in [0.5, 0.6) is 0 Å². The molecule has 1 heterocycles. The van der Waals surface area contributed by atoms with Gasteiger partial charge >= 0.3 is 0 Å². The minimum atomic E-state index is 0.731. The number of ether oxygens (including phenoxy) is 1. The summed E-state index contributed by atoms with van der Waals surface area (Å²) in [5.74, 6) is 0.874. The number of hydrogen-bond acceptors (Lipinski definition) is 4. The van der Waals surface area contributed by atoms with Gasteiger partial charge in [0.15, 0.2) is 0 Å². The fraction of sp³-hybridized carbons (Fsp3) is 0.200. The molecule has 0 fully saturated rings. The van der Waals surface area contributed by atoms with Crippen molar-refractivity contribution in [3.8, 4) is 0 Å². The zero-order valence-electron chi connectivity index (χ0n) is 7.91.